The molecule has 3 aromatic rings. The van der Waals surface area contributed by atoms with Gasteiger partial charge in [0.1, 0.15) is 12.3 Å². The van der Waals surface area contributed by atoms with Crippen molar-refractivity contribution in [1.82, 2.24) is 9.80 Å². The second kappa shape index (κ2) is 8.57. The van der Waals surface area contributed by atoms with Crippen molar-refractivity contribution >= 4 is 23.2 Å². The van der Waals surface area contributed by atoms with E-state index in [1.165, 1.54) is 0 Å². The van der Waals surface area contributed by atoms with E-state index in [1.54, 1.807) is 0 Å². The third-order valence-electron chi connectivity index (χ3n) is 8.33. The summed E-state index contributed by atoms with van der Waals surface area (Å²) in [5, 5.41) is 0. The molecule has 4 atom stereocenters. The van der Waals surface area contributed by atoms with E-state index in [1.807, 2.05) is 70.5 Å². The highest BCUT2D eigenvalue weighted by Crippen LogP contribution is 2.45. The molecule has 4 heterocycles. The quantitative estimate of drug-likeness (QED) is 0.545. The molecule has 4 saturated heterocycles. The van der Waals surface area contributed by atoms with Crippen LogP contribution in [0.15, 0.2) is 84.9 Å². The molecule has 7 rings (SSSR count). The van der Waals surface area contributed by atoms with E-state index in [2.05, 4.69) is 34.1 Å². The van der Waals surface area contributed by atoms with Gasteiger partial charge >= 0.3 is 0 Å². The Balaban J connectivity index is 1.32. The van der Waals surface area contributed by atoms with Crippen LogP contribution in [0, 0.1) is 0 Å². The maximum Gasteiger partial charge on any atom is 0.246 e. The average molecular weight is 479 g/mol. The number of hydrogen-bond donors (Lipinski definition) is 0. The molecule has 0 radical (unpaired) electrons. The summed E-state index contributed by atoms with van der Waals surface area (Å²) in [4.78, 5) is 35.8. The minimum absolute atomic E-state index is 0.0595. The summed E-state index contributed by atoms with van der Waals surface area (Å²) in [6.45, 7) is 1.84. The smallest absolute Gasteiger partial charge is 0.246 e. The molecule has 4 aliphatic heterocycles. The van der Waals surface area contributed by atoms with Crippen molar-refractivity contribution in [3.05, 3.63) is 96.1 Å². The van der Waals surface area contributed by atoms with E-state index < -0.39 is 0 Å². The summed E-state index contributed by atoms with van der Waals surface area (Å²) in [5.41, 5.74) is 4.09. The van der Waals surface area contributed by atoms with Gasteiger partial charge in [-0.2, -0.15) is 0 Å². The highest BCUT2D eigenvalue weighted by atomic mass is 16.2. The summed E-state index contributed by atoms with van der Waals surface area (Å²) < 4.78 is 0. The van der Waals surface area contributed by atoms with Crippen molar-refractivity contribution in [1.29, 1.82) is 0 Å². The first kappa shape index (κ1) is 21.8. The summed E-state index contributed by atoms with van der Waals surface area (Å²) >= 11 is 0. The lowest BCUT2D eigenvalue weighted by molar-refractivity contribution is -0.120. The fraction of sp³-hybridized carbons (Fsp3) is 0.333. The monoisotopic (exact) mass is 478 g/mol. The number of rotatable bonds is 4. The van der Waals surface area contributed by atoms with Gasteiger partial charge in [-0.15, -0.1) is 0 Å². The standard InChI is InChI=1S/C30H30N4O2/c35-29-25-16-8-18-31(25)27(33(29)23-12-3-1-4-13-23)21-10-7-11-22(20-21)28-32-19-9-17-26(32)30(36)34(28)24-14-5-2-6-15-24/h1-7,10-15,20,25-28H,8-9,16-19H2/t25-,26-,27+,28+/m0/s1. The Labute approximate surface area is 211 Å². The lowest BCUT2D eigenvalue weighted by Crippen LogP contribution is -2.34. The van der Waals surface area contributed by atoms with Gasteiger partial charge in [0.15, 0.2) is 0 Å². The number of carbonyl (C=O) groups is 2. The molecule has 2 amide bonds. The van der Waals surface area contributed by atoms with Gasteiger partial charge in [0, 0.05) is 24.5 Å². The molecule has 182 valence electrons. The fourth-order valence-corrected chi connectivity index (χ4v) is 6.83. The molecule has 4 aliphatic rings. The van der Waals surface area contributed by atoms with Gasteiger partial charge in [0.2, 0.25) is 11.8 Å². The topological polar surface area (TPSA) is 47.1 Å². The van der Waals surface area contributed by atoms with Crippen LogP contribution in [0.2, 0.25) is 0 Å². The van der Waals surface area contributed by atoms with E-state index in [0.29, 0.717) is 0 Å². The van der Waals surface area contributed by atoms with Gasteiger partial charge < -0.3 is 0 Å². The van der Waals surface area contributed by atoms with E-state index in [4.69, 9.17) is 0 Å². The van der Waals surface area contributed by atoms with Crippen molar-refractivity contribution in [2.24, 2.45) is 0 Å². The van der Waals surface area contributed by atoms with Crippen LogP contribution < -0.4 is 9.80 Å². The lowest BCUT2D eigenvalue weighted by atomic mass is 10.0. The van der Waals surface area contributed by atoms with Crippen LogP contribution in [0.3, 0.4) is 0 Å². The summed E-state index contributed by atoms with van der Waals surface area (Å²) in [7, 11) is 0. The van der Waals surface area contributed by atoms with E-state index >= 15 is 0 Å². The number of anilines is 2. The van der Waals surface area contributed by atoms with Crippen LogP contribution in [-0.4, -0.2) is 46.8 Å². The van der Waals surface area contributed by atoms with E-state index in [9.17, 15) is 9.59 Å². The molecule has 0 N–H and O–H groups in total. The third-order valence-corrected chi connectivity index (χ3v) is 8.33. The Morgan fingerprint density at radius 2 is 1.00 bits per heavy atom. The van der Waals surface area contributed by atoms with Gasteiger partial charge in [0.25, 0.3) is 0 Å². The number of benzene rings is 3. The maximum atomic E-state index is 13.6. The Morgan fingerprint density at radius 3 is 1.44 bits per heavy atom. The normalized spacial score (nSPS) is 28.2. The Bertz CT molecular complexity index is 1200. The van der Waals surface area contributed by atoms with Crippen LogP contribution in [-0.2, 0) is 9.59 Å². The second-order valence-corrected chi connectivity index (χ2v) is 10.3. The van der Waals surface area contributed by atoms with Crippen LogP contribution >= 0.6 is 0 Å². The average Bonchev–Trinajstić information content (AvgIpc) is 3.69. The second-order valence-electron chi connectivity index (χ2n) is 10.3. The SMILES string of the molecule is O=C1[C@@H]2CCCN2[C@@H](c2cccc([C@H]3N(c4ccccc4)C(=O)[C@@H]4CCCN43)c2)N1c1ccccc1. The van der Waals surface area contributed by atoms with Crippen LogP contribution in [0.5, 0.6) is 0 Å². The number of hydrogen-bond acceptors (Lipinski definition) is 4. The molecule has 0 saturated carbocycles. The molecule has 0 aromatic heterocycles. The van der Waals surface area contributed by atoms with Crippen molar-refractivity contribution < 1.29 is 9.59 Å². The number of nitrogens with zero attached hydrogens (tertiary/aromatic N) is 4. The molecular weight excluding hydrogens is 448 g/mol. The van der Waals surface area contributed by atoms with E-state index in [-0.39, 0.29) is 36.2 Å². The molecular formula is C30H30N4O2. The van der Waals surface area contributed by atoms with Crippen LogP contribution in [0.4, 0.5) is 11.4 Å². The zero-order valence-corrected chi connectivity index (χ0v) is 20.2. The minimum atomic E-state index is -0.135. The molecule has 4 fully saturated rings. The fourth-order valence-electron chi connectivity index (χ4n) is 6.83. The number of fused-ring (bicyclic) bond motifs is 2. The molecule has 6 heteroatoms. The summed E-state index contributed by atoms with van der Waals surface area (Å²) in [5.74, 6) is 0.381. The molecule has 0 bridgehead atoms. The number of amides is 2. The first-order chi connectivity index (χ1) is 17.7. The van der Waals surface area contributed by atoms with E-state index in [0.717, 1.165) is 61.3 Å². The van der Waals surface area contributed by atoms with Crippen molar-refractivity contribution in [3.8, 4) is 0 Å². The molecule has 0 aliphatic carbocycles. The summed E-state index contributed by atoms with van der Waals surface area (Å²) in [6, 6.07) is 28.6. The zero-order chi connectivity index (χ0) is 24.2. The summed E-state index contributed by atoms with van der Waals surface area (Å²) in [6.07, 6.45) is 3.64. The number of carbonyl (C=O) groups excluding carboxylic acids is 2. The van der Waals surface area contributed by atoms with Gasteiger partial charge in [0.05, 0.1) is 12.1 Å². The highest BCUT2D eigenvalue weighted by Gasteiger charge is 2.51. The molecule has 0 spiro atoms. The molecule has 0 unspecified atom stereocenters. The predicted molar refractivity (Wildman–Crippen MR) is 139 cm³/mol. The van der Waals surface area contributed by atoms with Crippen molar-refractivity contribution in [2.75, 3.05) is 22.9 Å². The molecule has 3 aromatic carbocycles. The largest absolute Gasteiger partial charge is 0.291 e. The lowest BCUT2D eigenvalue weighted by Gasteiger charge is -2.32. The predicted octanol–water partition coefficient (Wildman–Crippen LogP) is 4.71. The van der Waals surface area contributed by atoms with Crippen molar-refractivity contribution in [2.45, 2.75) is 50.1 Å². The van der Waals surface area contributed by atoms with Gasteiger partial charge in [-0.3, -0.25) is 29.2 Å². The Morgan fingerprint density at radius 1 is 0.556 bits per heavy atom. The van der Waals surface area contributed by atoms with Gasteiger partial charge in [-0.25, -0.2) is 0 Å². The molecule has 36 heavy (non-hydrogen) atoms. The maximum absolute atomic E-state index is 13.6. The van der Waals surface area contributed by atoms with Gasteiger partial charge in [-0.1, -0.05) is 54.6 Å². The van der Waals surface area contributed by atoms with Gasteiger partial charge in [-0.05, 0) is 67.1 Å². The third kappa shape index (κ3) is 3.25. The Hall–Kier alpha value is -3.48. The van der Waals surface area contributed by atoms with Crippen molar-refractivity contribution in [3.63, 3.8) is 0 Å². The molecule has 6 nitrogen and oxygen atoms in total. The highest BCUT2D eigenvalue weighted by molar-refractivity contribution is 6.01. The first-order valence-corrected chi connectivity index (χ1v) is 13.1. The number of para-hydroxylation sites is 2. The minimum Gasteiger partial charge on any atom is -0.291 e. The first-order valence-electron chi connectivity index (χ1n) is 13.1. The van der Waals surface area contributed by atoms with Crippen LogP contribution in [0.25, 0.3) is 0 Å². The Kier molecular flexibility index (Phi) is 5.19. The zero-order valence-electron chi connectivity index (χ0n) is 20.2. The van der Waals surface area contributed by atoms with Crippen LogP contribution in [0.1, 0.15) is 49.1 Å².